The highest BCUT2D eigenvalue weighted by atomic mass is 19.4. The van der Waals surface area contributed by atoms with Crippen LogP contribution in [0.3, 0.4) is 0 Å². The summed E-state index contributed by atoms with van der Waals surface area (Å²) in [4.78, 5) is 24.6. The number of pyridine rings is 1. The lowest BCUT2D eigenvalue weighted by molar-refractivity contribution is -0.193. The fraction of sp³-hybridized carbons (Fsp3) is 0.480. The van der Waals surface area contributed by atoms with Crippen molar-refractivity contribution in [2.24, 2.45) is 11.3 Å². The number of methoxy groups -OCH3 is 1. The predicted octanol–water partition coefficient (Wildman–Crippen LogP) is 4.02. The minimum absolute atomic E-state index is 0.0940. The zero-order valence-electron chi connectivity index (χ0n) is 21.2. The molecule has 15 heteroatoms. The summed E-state index contributed by atoms with van der Waals surface area (Å²) in [5.41, 5.74) is 2.31. The molecule has 2 aliphatic heterocycles. The first-order chi connectivity index (χ1) is 18.7. The van der Waals surface area contributed by atoms with Crippen LogP contribution in [-0.2, 0) is 32.2 Å². The van der Waals surface area contributed by atoms with Gasteiger partial charge >= 0.3 is 24.3 Å². The van der Waals surface area contributed by atoms with Crippen molar-refractivity contribution in [3.05, 3.63) is 59.9 Å². The van der Waals surface area contributed by atoms with Crippen molar-refractivity contribution in [3.63, 3.8) is 0 Å². The Morgan fingerprint density at radius 1 is 1.05 bits per heavy atom. The minimum Gasteiger partial charge on any atom is -0.496 e. The molecule has 1 aromatic carbocycles. The molecule has 2 saturated heterocycles. The third-order valence-corrected chi connectivity index (χ3v) is 6.03. The van der Waals surface area contributed by atoms with Gasteiger partial charge in [-0.05, 0) is 18.2 Å². The van der Waals surface area contributed by atoms with Crippen molar-refractivity contribution in [3.8, 4) is 5.75 Å². The summed E-state index contributed by atoms with van der Waals surface area (Å²) < 4.78 is 80.8. The van der Waals surface area contributed by atoms with Gasteiger partial charge in [-0.3, -0.25) is 9.88 Å². The third-order valence-electron chi connectivity index (χ3n) is 6.03. The van der Waals surface area contributed by atoms with E-state index in [0.717, 1.165) is 50.9 Å². The maximum atomic E-state index is 10.6. The molecule has 0 radical (unpaired) electrons. The maximum absolute atomic E-state index is 10.6. The molecule has 4 rings (SSSR count). The van der Waals surface area contributed by atoms with Crippen molar-refractivity contribution in [2.45, 2.75) is 25.5 Å². The van der Waals surface area contributed by atoms with Crippen LogP contribution in [-0.4, -0.2) is 84.4 Å². The van der Waals surface area contributed by atoms with E-state index < -0.39 is 24.3 Å². The van der Waals surface area contributed by atoms with Crippen molar-refractivity contribution in [1.29, 1.82) is 0 Å². The molecule has 2 fully saturated rings. The van der Waals surface area contributed by atoms with E-state index in [1.54, 1.807) is 7.11 Å². The summed E-state index contributed by atoms with van der Waals surface area (Å²) >= 11 is 0. The van der Waals surface area contributed by atoms with Gasteiger partial charge in [-0.2, -0.15) is 26.3 Å². The molecule has 0 unspecified atom stereocenters. The number of carbonyl (C=O) groups is 2. The number of hydrogen-bond acceptors (Lipinski definition) is 7. The molecule has 0 amide bonds. The average molecular weight is 582 g/mol. The van der Waals surface area contributed by atoms with Crippen molar-refractivity contribution in [1.82, 2.24) is 9.88 Å². The number of benzene rings is 1. The molecular formula is C25H28F6N2O7. The number of alkyl halides is 6. The lowest BCUT2D eigenvalue weighted by Gasteiger charge is -2.27. The molecule has 222 valence electrons. The summed E-state index contributed by atoms with van der Waals surface area (Å²) in [6.07, 6.45) is -8.36. The lowest BCUT2D eigenvalue weighted by atomic mass is 9.82. The number of halogens is 6. The topological polar surface area (TPSA) is 118 Å². The Kier molecular flexibility index (Phi) is 11.7. The fourth-order valence-electron chi connectivity index (χ4n) is 4.18. The van der Waals surface area contributed by atoms with Crippen LogP contribution in [0.15, 0.2) is 48.7 Å². The second-order valence-electron chi connectivity index (χ2n) is 8.98. The highest BCUT2D eigenvalue weighted by Crippen LogP contribution is 2.42. The number of ether oxygens (including phenoxy) is 3. The lowest BCUT2D eigenvalue weighted by Crippen LogP contribution is -2.35. The molecule has 0 saturated carbocycles. The summed E-state index contributed by atoms with van der Waals surface area (Å²) in [5.74, 6) is -4.03. The highest BCUT2D eigenvalue weighted by molar-refractivity contribution is 5.73. The molecule has 1 aromatic heterocycles. The Hall–Kier alpha value is -3.43. The first-order valence-corrected chi connectivity index (χ1v) is 11.7. The molecule has 2 aromatic rings. The summed E-state index contributed by atoms with van der Waals surface area (Å²) in [5, 5.41) is 14.2. The Bertz CT molecular complexity index is 1080. The summed E-state index contributed by atoms with van der Waals surface area (Å²) in [6, 6.07) is 14.2. The Morgan fingerprint density at radius 2 is 1.65 bits per heavy atom. The van der Waals surface area contributed by atoms with Crippen molar-refractivity contribution < 1.29 is 60.4 Å². The van der Waals surface area contributed by atoms with Gasteiger partial charge in [-0.15, -0.1) is 0 Å². The predicted molar refractivity (Wildman–Crippen MR) is 126 cm³/mol. The number of carboxylic acids is 2. The number of likely N-dealkylation sites (tertiary alicyclic amines) is 1. The Balaban J connectivity index is 0.000000333. The third kappa shape index (κ3) is 9.95. The SMILES string of the molecule is COc1ccccc1CN1C[C@@H]2COC[C@]2(COCc2ccccn2)C1.O=C(O)C(F)(F)F.O=C(O)C(F)(F)F. The molecule has 2 atom stereocenters. The zero-order valence-corrected chi connectivity index (χ0v) is 21.2. The van der Waals surface area contributed by atoms with Crippen LogP contribution in [0.1, 0.15) is 11.3 Å². The second-order valence-corrected chi connectivity index (χ2v) is 8.98. The van der Waals surface area contributed by atoms with Crippen LogP contribution in [0.5, 0.6) is 5.75 Å². The zero-order chi connectivity index (χ0) is 30.0. The summed E-state index contributed by atoms with van der Waals surface area (Å²) in [7, 11) is 1.73. The number of para-hydroxylation sites is 1. The molecule has 40 heavy (non-hydrogen) atoms. The van der Waals surface area contributed by atoms with E-state index in [9.17, 15) is 26.3 Å². The second kappa shape index (κ2) is 14.3. The molecule has 3 heterocycles. The van der Waals surface area contributed by atoms with E-state index in [-0.39, 0.29) is 5.41 Å². The van der Waals surface area contributed by atoms with Crippen LogP contribution in [0.4, 0.5) is 26.3 Å². The largest absolute Gasteiger partial charge is 0.496 e. The van der Waals surface area contributed by atoms with Gasteiger partial charge in [0.1, 0.15) is 5.75 Å². The van der Waals surface area contributed by atoms with Crippen LogP contribution < -0.4 is 4.74 Å². The molecule has 0 aliphatic carbocycles. The molecule has 9 nitrogen and oxygen atoms in total. The van der Waals surface area contributed by atoms with Gasteiger partial charge < -0.3 is 24.4 Å². The van der Waals surface area contributed by atoms with E-state index in [1.165, 1.54) is 5.56 Å². The monoisotopic (exact) mass is 582 g/mol. The first kappa shape index (κ1) is 32.8. The first-order valence-electron chi connectivity index (χ1n) is 11.7. The standard InChI is InChI=1S/C21H26N2O3.2C2HF3O2/c1-24-20-8-3-2-6-17(20)10-23-11-18-12-25-15-21(18,14-23)16-26-13-19-7-4-5-9-22-19;2*3-2(4,5)1(6)7/h2-9,18H,10-16H2,1H3;2*(H,6,7)/t18-,21+;;/m1../s1. The minimum atomic E-state index is -5.08. The number of nitrogens with zero attached hydrogens (tertiary/aromatic N) is 2. The fourth-order valence-corrected chi connectivity index (χ4v) is 4.18. The number of aromatic nitrogens is 1. The number of aliphatic carboxylic acids is 2. The Morgan fingerprint density at radius 3 is 2.20 bits per heavy atom. The van der Waals surface area contributed by atoms with Crippen LogP contribution >= 0.6 is 0 Å². The maximum Gasteiger partial charge on any atom is 0.490 e. The quantitative estimate of drug-likeness (QED) is 0.467. The van der Waals surface area contributed by atoms with Gasteiger partial charge in [-0.1, -0.05) is 24.3 Å². The van der Waals surface area contributed by atoms with E-state index in [4.69, 9.17) is 34.0 Å². The van der Waals surface area contributed by atoms with Gasteiger partial charge in [0, 0.05) is 42.7 Å². The molecule has 0 bridgehead atoms. The van der Waals surface area contributed by atoms with Gasteiger partial charge in [0.2, 0.25) is 0 Å². The Labute approximate surface area is 225 Å². The number of fused-ring (bicyclic) bond motifs is 1. The van der Waals surface area contributed by atoms with E-state index in [0.29, 0.717) is 12.5 Å². The van der Waals surface area contributed by atoms with Crippen molar-refractivity contribution >= 4 is 11.9 Å². The summed E-state index contributed by atoms with van der Waals surface area (Å²) in [6.45, 7) is 5.83. The average Bonchev–Trinajstić information content (AvgIpc) is 3.41. The van der Waals surface area contributed by atoms with E-state index in [2.05, 4.69) is 22.0 Å². The molecule has 0 spiro atoms. The van der Waals surface area contributed by atoms with Gasteiger partial charge in [-0.25, -0.2) is 9.59 Å². The van der Waals surface area contributed by atoms with Gasteiger partial charge in [0.15, 0.2) is 0 Å². The van der Waals surface area contributed by atoms with Gasteiger partial charge in [0.25, 0.3) is 0 Å². The molecule has 2 N–H and O–H groups in total. The van der Waals surface area contributed by atoms with Crippen LogP contribution in [0.2, 0.25) is 0 Å². The van der Waals surface area contributed by atoms with Gasteiger partial charge in [0.05, 0.1) is 39.2 Å². The highest BCUT2D eigenvalue weighted by Gasteiger charge is 2.50. The number of carboxylic acid groups (broad SMARTS) is 2. The number of hydrogen-bond donors (Lipinski definition) is 2. The normalized spacial score (nSPS) is 20.4. The van der Waals surface area contributed by atoms with E-state index >= 15 is 0 Å². The number of rotatable bonds is 7. The van der Waals surface area contributed by atoms with Crippen LogP contribution in [0.25, 0.3) is 0 Å². The van der Waals surface area contributed by atoms with E-state index in [1.807, 2.05) is 36.5 Å². The van der Waals surface area contributed by atoms with Crippen LogP contribution in [0, 0.1) is 11.3 Å². The van der Waals surface area contributed by atoms with Crippen molar-refractivity contribution in [2.75, 3.05) is 40.0 Å². The molecular weight excluding hydrogens is 554 g/mol. The molecule has 2 aliphatic rings. The smallest absolute Gasteiger partial charge is 0.490 e.